The summed E-state index contributed by atoms with van der Waals surface area (Å²) in [4.78, 5) is 38.1. The van der Waals surface area contributed by atoms with Gasteiger partial charge in [-0.1, -0.05) is 60.3 Å². The number of fused-ring (bicyclic) bond motifs is 1. The highest BCUT2D eigenvalue weighted by Gasteiger charge is 2.43. The van der Waals surface area contributed by atoms with Gasteiger partial charge in [-0.25, -0.2) is 9.79 Å². The number of piperazine rings is 1. The number of para-hydroxylation sites is 1. The molecule has 0 aliphatic carbocycles. The number of carbonyl (C=O) groups is 2. The van der Waals surface area contributed by atoms with Crippen molar-refractivity contribution in [2.24, 2.45) is 4.99 Å². The van der Waals surface area contributed by atoms with Gasteiger partial charge in [-0.15, -0.1) is 0 Å². The number of hydrogen-bond donors (Lipinski definition) is 0. The zero-order chi connectivity index (χ0) is 26.6. The molecule has 0 saturated carbocycles. The lowest BCUT2D eigenvalue weighted by atomic mass is 9.91. The first-order valence-corrected chi connectivity index (χ1v) is 13.7. The fraction of sp³-hybridized carbons (Fsp3) is 0.345. The van der Waals surface area contributed by atoms with E-state index in [1.54, 1.807) is 14.0 Å². The van der Waals surface area contributed by atoms with Gasteiger partial charge in [-0.2, -0.15) is 0 Å². The Bertz CT molecular complexity index is 1300. The summed E-state index contributed by atoms with van der Waals surface area (Å²) in [6, 6.07) is 16.8. The van der Waals surface area contributed by atoms with E-state index in [0.717, 1.165) is 29.9 Å². The van der Waals surface area contributed by atoms with Crippen LogP contribution in [0.3, 0.4) is 0 Å². The molecule has 2 aromatic carbocycles. The number of nitrogens with zero attached hydrogens (tertiary/aromatic N) is 4. The van der Waals surface area contributed by atoms with Crippen LogP contribution in [0.2, 0.25) is 0 Å². The molecule has 1 saturated heterocycles. The van der Waals surface area contributed by atoms with Crippen LogP contribution in [0, 0.1) is 0 Å². The predicted molar refractivity (Wildman–Crippen MR) is 149 cm³/mol. The molecule has 0 aromatic heterocycles. The second kappa shape index (κ2) is 11.4. The highest BCUT2D eigenvalue weighted by Crippen LogP contribution is 2.48. The highest BCUT2D eigenvalue weighted by atomic mass is 32.2. The number of amides is 1. The lowest BCUT2D eigenvalue weighted by molar-refractivity contribution is -0.139. The first-order chi connectivity index (χ1) is 18.5. The van der Waals surface area contributed by atoms with E-state index in [9.17, 15) is 9.59 Å². The summed E-state index contributed by atoms with van der Waals surface area (Å²) in [6.45, 7) is 5.16. The van der Waals surface area contributed by atoms with Gasteiger partial charge in [0.05, 0.1) is 37.4 Å². The molecule has 1 atom stereocenters. The number of carbonyl (C=O) groups excluding carboxylic acids is 2. The van der Waals surface area contributed by atoms with Crippen molar-refractivity contribution in [2.75, 3.05) is 46.9 Å². The number of methoxy groups -OCH3 is 1. The van der Waals surface area contributed by atoms with Crippen molar-refractivity contribution in [2.45, 2.75) is 19.4 Å². The van der Waals surface area contributed by atoms with Crippen LogP contribution in [-0.2, 0) is 14.3 Å². The van der Waals surface area contributed by atoms with Gasteiger partial charge in [-0.3, -0.25) is 4.79 Å². The number of hydrogen-bond acceptors (Lipinski definition) is 8. The summed E-state index contributed by atoms with van der Waals surface area (Å²) in [5, 5.41) is 2.69. The molecular formula is C29H32N4O4S. The SMILES string of the molecule is CCOC(=O)C1=C(c2ccccc2)N=C2SC=C(CC(=O)N3CCN(C)CC3)N2C1c1ccccc1OC. The maximum absolute atomic E-state index is 13.6. The second-order valence-corrected chi connectivity index (χ2v) is 10.2. The van der Waals surface area contributed by atoms with Crippen LogP contribution in [0.1, 0.15) is 30.5 Å². The van der Waals surface area contributed by atoms with Crippen LogP contribution in [0.25, 0.3) is 5.70 Å². The van der Waals surface area contributed by atoms with Crippen LogP contribution in [0.5, 0.6) is 5.75 Å². The first kappa shape index (κ1) is 26.1. The fourth-order valence-corrected chi connectivity index (χ4v) is 5.92. The van der Waals surface area contributed by atoms with Crippen molar-refractivity contribution in [1.29, 1.82) is 0 Å². The molecule has 0 radical (unpaired) electrons. The molecule has 8 nitrogen and oxygen atoms in total. The van der Waals surface area contributed by atoms with Crippen molar-refractivity contribution >= 4 is 34.5 Å². The number of aliphatic imine (C=N–C) groups is 1. The van der Waals surface area contributed by atoms with Crippen molar-refractivity contribution in [3.63, 3.8) is 0 Å². The largest absolute Gasteiger partial charge is 0.496 e. The number of amidine groups is 1. The topological polar surface area (TPSA) is 74.7 Å². The van der Waals surface area contributed by atoms with Crippen LogP contribution in [-0.4, -0.2) is 78.7 Å². The van der Waals surface area contributed by atoms with Crippen molar-refractivity contribution < 1.29 is 19.1 Å². The molecule has 1 fully saturated rings. The monoisotopic (exact) mass is 532 g/mol. The number of esters is 1. The molecule has 3 heterocycles. The summed E-state index contributed by atoms with van der Waals surface area (Å²) >= 11 is 1.47. The Morgan fingerprint density at radius 2 is 1.74 bits per heavy atom. The number of rotatable bonds is 7. The minimum Gasteiger partial charge on any atom is -0.496 e. The third-order valence-corrected chi connectivity index (χ3v) is 7.86. The Morgan fingerprint density at radius 3 is 2.45 bits per heavy atom. The summed E-state index contributed by atoms with van der Waals surface area (Å²) in [5.41, 5.74) is 3.43. The molecule has 3 aliphatic heterocycles. The minimum absolute atomic E-state index is 0.0699. The smallest absolute Gasteiger partial charge is 0.338 e. The first-order valence-electron chi connectivity index (χ1n) is 12.8. The number of ether oxygens (including phenoxy) is 2. The molecular weight excluding hydrogens is 500 g/mol. The molecule has 0 bridgehead atoms. The Kier molecular flexibility index (Phi) is 7.85. The van der Waals surface area contributed by atoms with Gasteiger partial charge in [-0.05, 0) is 25.4 Å². The van der Waals surface area contributed by atoms with Crippen LogP contribution in [0.15, 0.2) is 76.3 Å². The molecule has 9 heteroatoms. The lowest BCUT2D eigenvalue weighted by Crippen LogP contribution is -2.47. The van der Waals surface area contributed by atoms with Crippen molar-refractivity contribution in [3.8, 4) is 5.75 Å². The highest BCUT2D eigenvalue weighted by molar-refractivity contribution is 8.16. The molecule has 0 spiro atoms. The number of likely N-dealkylation sites (N-methyl/N-ethyl adjacent to an activating group) is 1. The Morgan fingerprint density at radius 1 is 1.03 bits per heavy atom. The van der Waals surface area contributed by atoms with E-state index < -0.39 is 12.0 Å². The van der Waals surface area contributed by atoms with Gasteiger partial charge in [0.15, 0.2) is 5.17 Å². The molecule has 1 unspecified atom stereocenters. The minimum atomic E-state index is -0.575. The summed E-state index contributed by atoms with van der Waals surface area (Å²) in [6.07, 6.45) is 0.220. The average molecular weight is 533 g/mol. The molecule has 3 aliphatic rings. The molecule has 198 valence electrons. The van der Waals surface area contributed by atoms with Crippen LogP contribution in [0.4, 0.5) is 0 Å². The third-order valence-electron chi connectivity index (χ3n) is 6.97. The second-order valence-electron chi connectivity index (χ2n) is 9.35. The van der Waals surface area contributed by atoms with Crippen molar-refractivity contribution in [1.82, 2.24) is 14.7 Å². The zero-order valence-corrected chi connectivity index (χ0v) is 22.7. The van der Waals surface area contributed by atoms with Crippen LogP contribution >= 0.6 is 11.8 Å². The Hall–Kier alpha value is -3.56. The summed E-state index contributed by atoms with van der Waals surface area (Å²) in [5.74, 6) is 0.279. The zero-order valence-electron chi connectivity index (χ0n) is 21.9. The van der Waals surface area contributed by atoms with E-state index in [2.05, 4.69) is 11.9 Å². The van der Waals surface area contributed by atoms with E-state index >= 15 is 0 Å². The van der Waals surface area contributed by atoms with Crippen LogP contribution < -0.4 is 4.74 Å². The Balaban J connectivity index is 1.60. The van der Waals surface area contributed by atoms with Gasteiger partial charge < -0.3 is 24.2 Å². The molecule has 5 rings (SSSR count). The maximum Gasteiger partial charge on any atom is 0.338 e. The van der Waals surface area contributed by atoms with Gasteiger partial charge in [0.2, 0.25) is 5.91 Å². The normalized spacial score (nSPS) is 19.6. The van der Waals surface area contributed by atoms with Gasteiger partial charge >= 0.3 is 5.97 Å². The summed E-state index contributed by atoms with van der Waals surface area (Å²) < 4.78 is 11.3. The maximum atomic E-state index is 13.6. The molecule has 0 N–H and O–H groups in total. The van der Waals surface area contributed by atoms with E-state index in [1.807, 2.05) is 69.8 Å². The van der Waals surface area contributed by atoms with Gasteiger partial charge in [0, 0.05) is 43.0 Å². The van der Waals surface area contributed by atoms with E-state index in [4.69, 9.17) is 14.5 Å². The average Bonchev–Trinajstić information content (AvgIpc) is 3.35. The molecule has 2 aromatic rings. The molecule has 1 amide bonds. The van der Waals surface area contributed by atoms with Gasteiger partial charge in [0.25, 0.3) is 0 Å². The Labute approximate surface area is 227 Å². The standard InChI is InChI=1S/C29H32N4O4S/c1-4-37-28(35)25-26(20-10-6-5-7-11-20)30-29-33(27(25)22-12-8-9-13-23(22)36-3)21(19-38-29)18-24(34)32-16-14-31(2)15-17-32/h5-13,19,27H,4,14-18H2,1-3H3. The quantitative estimate of drug-likeness (QED) is 0.497. The van der Waals surface area contributed by atoms with E-state index in [0.29, 0.717) is 35.3 Å². The summed E-state index contributed by atoms with van der Waals surface area (Å²) in [7, 11) is 3.69. The molecule has 38 heavy (non-hydrogen) atoms. The van der Waals surface area contributed by atoms with E-state index in [-0.39, 0.29) is 18.9 Å². The third kappa shape index (κ3) is 5.08. The van der Waals surface area contributed by atoms with E-state index in [1.165, 1.54) is 11.8 Å². The number of thioether (sulfide) groups is 1. The predicted octanol–water partition coefficient (Wildman–Crippen LogP) is 4.13. The fourth-order valence-electron chi connectivity index (χ4n) is 5.00. The van der Waals surface area contributed by atoms with Gasteiger partial charge in [0.1, 0.15) is 5.75 Å². The lowest BCUT2D eigenvalue weighted by Gasteiger charge is -2.38. The number of benzene rings is 2. The van der Waals surface area contributed by atoms with Crippen molar-refractivity contribution in [3.05, 3.63) is 82.4 Å².